The van der Waals surface area contributed by atoms with Crippen molar-refractivity contribution in [3.63, 3.8) is 0 Å². The number of hydrogen-bond donors (Lipinski definition) is 13. The van der Waals surface area contributed by atoms with Gasteiger partial charge in [0.1, 0.15) is 12.1 Å². The molecule has 2 saturated heterocycles. The fraction of sp³-hybridized carbons (Fsp3) is 0.700. The largest absolute Gasteiger partial charge is 0.480 e. The fourth-order valence-corrected chi connectivity index (χ4v) is 7.18. The van der Waals surface area contributed by atoms with Gasteiger partial charge in [0.05, 0.1) is 71.4 Å². The number of amides is 9. The van der Waals surface area contributed by atoms with Gasteiger partial charge in [-0.15, -0.1) is 0 Å². The Morgan fingerprint density at radius 1 is 0.465 bits per heavy atom. The molecule has 2 fully saturated rings. The Bertz CT molecular complexity index is 1860. The summed E-state index contributed by atoms with van der Waals surface area (Å²) in [4.78, 5) is 155. The van der Waals surface area contributed by atoms with Crippen molar-refractivity contribution in [3.8, 4) is 0 Å². The van der Waals surface area contributed by atoms with E-state index in [0.717, 1.165) is 0 Å². The molecule has 0 aliphatic carbocycles. The number of likely N-dealkylation sites (tertiary alicyclic amines) is 1. The molecular formula is C40H68BN13O17. The number of nitrogens with one attached hydrogen (secondary N) is 8. The molecule has 2 aliphatic heterocycles. The van der Waals surface area contributed by atoms with E-state index in [0.29, 0.717) is 12.8 Å². The third-order valence-electron chi connectivity index (χ3n) is 11.0. The van der Waals surface area contributed by atoms with Gasteiger partial charge < -0.3 is 72.8 Å². The van der Waals surface area contributed by atoms with Crippen LogP contribution in [0.25, 0.3) is 0 Å². The first kappa shape index (κ1) is 60.6. The molecule has 3 atom stereocenters. The monoisotopic (exact) mass is 1010 g/mol. The standard InChI is InChI=1S/C40H68BN13O17/c1-25(2)38(39(68)48-26(3)40(69)54-6-4-5-27(54)41(70)71)49-33(60)20-46-31(58)18-44-29(56)16-42-28(55)15-43-30(57)17-45-32(59)19-47-34(61)21-50-7-9-51(22-35(62)63)11-13-53(24-37(66)67)14-12-52(10-8-50)23-36(64)65/h25-27,38,70-71H,4-24H2,1-3H3,(H,42,55)(H,43,57)(H,44,56)(H,45,59)(H,46,58)(H,47,61)(H,48,68)(H,49,60)(H,62,63)(H,64,65)(H,66,67)/t26-,27+,38+/m1/s1. The van der Waals surface area contributed by atoms with Crippen molar-refractivity contribution in [2.24, 2.45) is 5.92 Å². The van der Waals surface area contributed by atoms with Crippen molar-refractivity contribution in [2.75, 3.05) is 124 Å². The first-order valence-electron chi connectivity index (χ1n) is 22.8. The molecule has 30 nitrogen and oxygen atoms in total. The van der Waals surface area contributed by atoms with Crippen molar-refractivity contribution >= 4 is 78.2 Å². The Hall–Kier alpha value is -6.54. The lowest BCUT2D eigenvalue weighted by atomic mass is 9.78. The first-order chi connectivity index (χ1) is 33.4. The summed E-state index contributed by atoms with van der Waals surface area (Å²) in [6, 6.07) is -2.14. The number of carbonyl (C=O) groups is 12. The van der Waals surface area contributed by atoms with E-state index < -0.39 is 141 Å². The van der Waals surface area contributed by atoms with Crippen LogP contribution in [0, 0.1) is 5.92 Å². The predicted molar refractivity (Wildman–Crippen MR) is 246 cm³/mol. The van der Waals surface area contributed by atoms with Crippen molar-refractivity contribution in [3.05, 3.63) is 0 Å². The lowest BCUT2D eigenvalue weighted by molar-refractivity contribution is -0.140. The maximum absolute atomic E-state index is 13.0. The van der Waals surface area contributed by atoms with Crippen LogP contribution in [0.2, 0.25) is 0 Å². The number of carbonyl (C=O) groups excluding carboxylic acids is 9. The Kier molecular flexibility index (Phi) is 27.0. The second-order valence-corrected chi connectivity index (χ2v) is 17.1. The smallest absolute Gasteiger partial charge is 0.475 e. The van der Waals surface area contributed by atoms with E-state index in [-0.39, 0.29) is 85.1 Å². The zero-order valence-corrected chi connectivity index (χ0v) is 40.1. The van der Waals surface area contributed by atoms with Crippen LogP contribution in [0.4, 0.5) is 0 Å². The zero-order valence-electron chi connectivity index (χ0n) is 40.1. The number of carboxylic acid groups (broad SMARTS) is 3. The van der Waals surface area contributed by atoms with E-state index in [4.69, 9.17) is 0 Å². The Morgan fingerprint density at radius 2 is 0.789 bits per heavy atom. The summed E-state index contributed by atoms with van der Waals surface area (Å²) in [7, 11) is -1.73. The van der Waals surface area contributed by atoms with E-state index in [9.17, 15) is 82.9 Å². The maximum Gasteiger partial charge on any atom is 0.475 e. The van der Waals surface area contributed by atoms with Crippen molar-refractivity contribution < 1.29 is 82.9 Å². The summed E-state index contributed by atoms with van der Waals surface area (Å²) in [6.45, 7) is 1.66. The van der Waals surface area contributed by atoms with Gasteiger partial charge in [-0.25, -0.2) is 0 Å². The van der Waals surface area contributed by atoms with Gasteiger partial charge >= 0.3 is 25.0 Å². The molecule has 2 rings (SSSR count). The second kappa shape index (κ2) is 31.6. The first-order valence-corrected chi connectivity index (χ1v) is 22.8. The maximum atomic E-state index is 13.0. The average molecular weight is 1010 g/mol. The number of nitrogens with zero attached hydrogens (tertiary/aromatic N) is 5. The third-order valence-corrected chi connectivity index (χ3v) is 11.0. The Labute approximate surface area is 409 Å². The molecule has 2 heterocycles. The average Bonchev–Trinajstić information content (AvgIpc) is 3.80. The van der Waals surface area contributed by atoms with Crippen LogP contribution in [0.5, 0.6) is 0 Å². The molecule has 0 aromatic rings. The van der Waals surface area contributed by atoms with Gasteiger partial charge in [0.25, 0.3) is 0 Å². The molecule has 0 bridgehead atoms. The van der Waals surface area contributed by atoms with Crippen LogP contribution < -0.4 is 42.5 Å². The van der Waals surface area contributed by atoms with Crippen LogP contribution in [0.1, 0.15) is 33.6 Å². The van der Waals surface area contributed by atoms with Gasteiger partial charge in [0.2, 0.25) is 53.2 Å². The molecule has 0 saturated carbocycles. The predicted octanol–water partition coefficient (Wildman–Crippen LogP) is -9.19. The molecule has 0 aromatic carbocycles. The highest BCUT2D eigenvalue weighted by Crippen LogP contribution is 2.19. The van der Waals surface area contributed by atoms with Gasteiger partial charge in [-0.2, -0.15) is 0 Å². The highest BCUT2D eigenvalue weighted by Gasteiger charge is 2.39. The molecular weight excluding hydrogens is 945 g/mol. The van der Waals surface area contributed by atoms with Crippen LogP contribution in [0.15, 0.2) is 0 Å². The van der Waals surface area contributed by atoms with Crippen molar-refractivity contribution in [1.29, 1.82) is 0 Å². The van der Waals surface area contributed by atoms with E-state index in [2.05, 4.69) is 42.5 Å². The lowest BCUT2D eigenvalue weighted by Gasteiger charge is -2.32. The Balaban J connectivity index is 1.70. The minimum Gasteiger partial charge on any atom is -0.480 e. The van der Waals surface area contributed by atoms with Gasteiger partial charge in [-0.1, -0.05) is 13.8 Å². The Morgan fingerprint density at radius 3 is 1.11 bits per heavy atom. The molecule has 398 valence electrons. The molecule has 2 aliphatic rings. The summed E-state index contributed by atoms with van der Waals surface area (Å²) in [5.41, 5.74) is 0. The van der Waals surface area contributed by atoms with E-state index in [1.165, 1.54) is 11.8 Å². The van der Waals surface area contributed by atoms with E-state index in [1.807, 2.05) is 0 Å². The molecule has 13 N–H and O–H groups in total. The van der Waals surface area contributed by atoms with Gasteiger partial charge in [0.15, 0.2) is 0 Å². The summed E-state index contributed by atoms with van der Waals surface area (Å²) in [6.07, 6.45) is 0.951. The molecule has 0 radical (unpaired) electrons. The quantitative estimate of drug-likeness (QED) is 0.0358. The highest BCUT2D eigenvalue weighted by molar-refractivity contribution is 6.43. The molecule has 0 spiro atoms. The fourth-order valence-electron chi connectivity index (χ4n) is 7.18. The highest BCUT2D eigenvalue weighted by atomic mass is 16.4. The zero-order chi connectivity index (χ0) is 53.2. The molecule has 31 heteroatoms. The van der Waals surface area contributed by atoms with Gasteiger partial charge in [0, 0.05) is 58.9 Å². The molecule has 71 heavy (non-hydrogen) atoms. The SMILES string of the molecule is CC(C)[C@H](NC(=O)CNC(=O)CNC(=O)CNC(=O)CNC(=O)CNC(=O)CNC(=O)CN1CCN(CC(=O)O)CCN(CC(=O)O)CCN(CC(=O)O)CC1)C(=O)N[C@H](C)C(=O)N1CCC[C@H]1B(O)O. The van der Waals surface area contributed by atoms with Crippen molar-refractivity contribution in [2.45, 2.75) is 51.6 Å². The summed E-state index contributed by atoms with van der Waals surface area (Å²) < 4.78 is 0. The topological polar surface area (TPSA) is 418 Å². The van der Waals surface area contributed by atoms with Crippen LogP contribution in [0.3, 0.4) is 0 Å². The minimum atomic E-state index is -1.73. The van der Waals surface area contributed by atoms with Gasteiger partial charge in [-0.05, 0) is 25.7 Å². The number of aliphatic carboxylic acids is 3. The number of carboxylic acids is 3. The third kappa shape index (κ3) is 25.2. The number of rotatable bonds is 26. The summed E-state index contributed by atoms with van der Waals surface area (Å²) >= 11 is 0. The minimum absolute atomic E-state index is 0.171. The van der Waals surface area contributed by atoms with E-state index >= 15 is 0 Å². The van der Waals surface area contributed by atoms with E-state index in [1.54, 1.807) is 33.4 Å². The lowest BCUT2D eigenvalue weighted by Crippen LogP contribution is -2.57. The van der Waals surface area contributed by atoms with Crippen LogP contribution >= 0.6 is 0 Å². The summed E-state index contributed by atoms with van der Waals surface area (Å²) in [5, 5.41) is 65.9. The second-order valence-electron chi connectivity index (χ2n) is 17.1. The van der Waals surface area contributed by atoms with Crippen LogP contribution in [-0.2, 0) is 57.5 Å². The molecule has 0 unspecified atom stereocenters. The molecule has 9 amide bonds. The van der Waals surface area contributed by atoms with Crippen molar-refractivity contribution in [1.82, 2.24) is 67.0 Å². The molecule has 0 aromatic heterocycles. The number of hydrogen-bond acceptors (Lipinski definition) is 18. The van der Waals surface area contributed by atoms with Gasteiger partial charge in [-0.3, -0.25) is 77.1 Å². The normalized spacial score (nSPS) is 17.2. The summed E-state index contributed by atoms with van der Waals surface area (Å²) in [5.74, 6) is -11.1. The van der Waals surface area contributed by atoms with Crippen LogP contribution in [-0.4, -0.2) is 270 Å².